The molecule has 0 fully saturated rings. The van der Waals surface area contributed by atoms with Crippen molar-refractivity contribution in [2.45, 2.75) is 19.8 Å². The molecule has 0 unspecified atom stereocenters. The lowest BCUT2D eigenvalue weighted by Crippen LogP contribution is -2.33. The Hall–Kier alpha value is -1.20. The number of halogens is 3. The summed E-state index contributed by atoms with van der Waals surface area (Å²) in [7, 11) is 0. The summed E-state index contributed by atoms with van der Waals surface area (Å²) < 4.78 is 26.1. The first-order chi connectivity index (χ1) is 8.63. The maximum Gasteiger partial charge on any atom is 0.224 e. The fourth-order valence-electron chi connectivity index (χ4n) is 1.51. The lowest BCUT2D eigenvalue weighted by atomic mass is 10.1. The molecule has 0 aliphatic heterocycles. The molecule has 0 bridgehead atoms. The molecule has 1 amide bonds. The third-order valence-electron chi connectivity index (χ3n) is 2.41. The second-order valence-corrected chi connectivity index (χ2v) is 4.01. The fourth-order valence-corrected chi connectivity index (χ4v) is 1.51. The third kappa shape index (κ3) is 7.08. The molecule has 0 radical (unpaired) electrons. The van der Waals surface area contributed by atoms with Gasteiger partial charge in [-0.05, 0) is 31.2 Å². The van der Waals surface area contributed by atoms with E-state index in [0.717, 1.165) is 31.2 Å². The van der Waals surface area contributed by atoms with Gasteiger partial charge in [-0.1, -0.05) is 6.92 Å². The molecule has 0 saturated heterocycles. The van der Waals surface area contributed by atoms with Gasteiger partial charge in [0.2, 0.25) is 5.91 Å². The van der Waals surface area contributed by atoms with Crippen molar-refractivity contribution in [3.8, 4) is 0 Å². The second-order valence-electron chi connectivity index (χ2n) is 4.01. The minimum atomic E-state index is -0.560. The van der Waals surface area contributed by atoms with Crippen molar-refractivity contribution in [2.24, 2.45) is 0 Å². The van der Waals surface area contributed by atoms with E-state index < -0.39 is 11.6 Å². The predicted molar refractivity (Wildman–Crippen MR) is 73.5 cm³/mol. The highest BCUT2D eigenvalue weighted by Crippen LogP contribution is 2.10. The highest BCUT2D eigenvalue weighted by molar-refractivity contribution is 5.85. The number of benzene rings is 1. The molecule has 0 spiro atoms. The summed E-state index contributed by atoms with van der Waals surface area (Å²) in [5, 5.41) is 5.77. The summed E-state index contributed by atoms with van der Waals surface area (Å²) >= 11 is 0. The van der Waals surface area contributed by atoms with Crippen LogP contribution in [0.3, 0.4) is 0 Å². The smallest absolute Gasteiger partial charge is 0.224 e. The molecule has 2 N–H and O–H groups in total. The van der Waals surface area contributed by atoms with Crippen LogP contribution in [0.5, 0.6) is 0 Å². The van der Waals surface area contributed by atoms with Crippen LogP contribution >= 0.6 is 12.4 Å². The van der Waals surface area contributed by atoms with Gasteiger partial charge in [0.25, 0.3) is 0 Å². The lowest BCUT2D eigenvalue weighted by Gasteiger charge is -2.07. The van der Waals surface area contributed by atoms with Crippen molar-refractivity contribution in [2.75, 3.05) is 19.6 Å². The summed E-state index contributed by atoms with van der Waals surface area (Å²) in [6.07, 6.45) is 0.889. The standard InChI is InChI=1S/C13H18F2N2O.ClH/c1-2-5-16-6-7-17-13(18)9-10-8-11(14)3-4-12(10)15;/h3-4,8,16H,2,5-7,9H2,1H3,(H,17,18);1H. The van der Waals surface area contributed by atoms with Crippen LogP contribution in [-0.2, 0) is 11.2 Å². The number of rotatable bonds is 7. The van der Waals surface area contributed by atoms with Crippen LogP contribution in [0.4, 0.5) is 8.78 Å². The molecule has 0 aromatic heterocycles. The molecule has 0 aliphatic carbocycles. The van der Waals surface area contributed by atoms with E-state index in [1.807, 2.05) is 0 Å². The number of carbonyl (C=O) groups excluding carboxylic acids is 1. The zero-order valence-corrected chi connectivity index (χ0v) is 11.7. The molecule has 6 heteroatoms. The number of nitrogens with one attached hydrogen (secondary N) is 2. The molecule has 3 nitrogen and oxygen atoms in total. The Morgan fingerprint density at radius 3 is 2.63 bits per heavy atom. The van der Waals surface area contributed by atoms with E-state index in [2.05, 4.69) is 17.6 Å². The van der Waals surface area contributed by atoms with Crippen LogP contribution in [0.2, 0.25) is 0 Å². The normalized spacial score (nSPS) is 9.84. The summed E-state index contributed by atoms with van der Waals surface area (Å²) in [5.41, 5.74) is 0.0778. The van der Waals surface area contributed by atoms with Gasteiger partial charge in [-0.3, -0.25) is 4.79 Å². The zero-order chi connectivity index (χ0) is 13.4. The molecule has 0 atom stereocenters. The van der Waals surface area contributed by atoms with Crippen LogP contribution in [0, 0.1) is 11.6 Å². The van der Waals surface area contributed by atoms with E-state index in [4.69, 9.17) is 0 Å². The van der Waals surface area contributed by atoms with Crippen molar-refractivity contribution >= 4 is 18.3 Å². The first kappa shape index (κ1) is 17.8. The minimum Gasteiger partial charge on any atom is -0.355 e. The molecule has 1 aromatic carbocycles. The average molecular weight is 293 g/mol. The molecule has 0 heterocycles. The number of hydrogen-bond donors (Lipinski definition) is 2. The van der Waals surface area contributed by atoms with Crippen LogP contribution in [-0.4, -0.2) is 25.5 Å². The molecule has 0 aliphatic rings. The van der Waals surface area contributed by atoms with E-state index >= 15 is 0 Å². The molecule has 1 aromatic rings. The van der Waals surface area contributed by atoms with Gasteiger partial charge >= 0.3 is 0 Å². The highest BCUT2D eigenvalue weighted by atomic mass is 35.5. The van der Waals surface area contributed by atoms with Crippen LogP contribution in [0.15, 0.2) is 18.2 Å². The van der Waals surface area contributed by atoms with E-state index in [1.54, 1.807) is 0 Å². The maximum atomic E-state index is 13.3. The van der Waals surface area contributed by atoms with E-state index in [0.29, 0.717) is 13.1 Å². The average Bonchev–Trinajstić information content (AvgIpc) is 2.33. The summed E-state index contributed by atoms with van der Waals surface area (Å²) in [6, 6.07) is 3.11. The monoisotopic (exact) mass is 292 g/mol. The van der Waals surface area contributed by atoms with Gasteiger partial charge in [0.1, 0.15) is 11.6 Å². The van der Waals surface area contributed by atoms with Gasteiger partial charge in [0, 0.05) is 18.7 Å². The summed E-state index contributed by atoms with van der Waals surface area (Å²) in [4.78, 5) is 11.5. The van der Waals surface area contributed by atoms with Crippen LogP contribution in [0.25, 0.3) is 0 Å². The van der Waals surface area contributed by atoms with Crippen LogP contribution in [0.1, 0.15) is 18.9 Å². The van der Waals surface area contributed by atoms with E-state index in [1.165, 1.54) is 0 Å². The van der Waals surface area contributed by atoms with Gasteiger partial charge in [-0.2, -0.15) is 0 Å². The Morgan fingerprint density at radius 2 is 1.95 bits per heavy atom. The Labute approximate surface area is 118 Å². The molecule has 108 valence electrons. The largest absolute Gasteiger partial charge is 0.355 e. The first-order valence-electron chi connectivity index (χ1n) is 6.04. The molecular formula is C13H19ClF2N2O. The SMILES string of the molecule is CCCNCCNC(=O)Cc1cc(F)ccc1F.Cl. The predicted octanol–water partition coefficient (Wildman–Crippen LogP) is 2.04. The fraction of sp³-hybridized carbons (Fsp3) is 0.462. The third-order valence-corrected chi connectivity index (χ3v) is 2.41. The van der Waals surface area contributed by atoms with Crippen molar-refractivity contribution in [1.82, 2.24) is 10.6 Å². The van der Waals surface area contributed by atoms with Gasteiger partial charge in [0.05, 0.1) is 6.42 Å². The van der Waals surface area contributed by atoms with Crippen molar-refractivity contribution in [3.05, 3.63) is 35.4 Å². The number of hydrogen-bond acceptors (Lipinski definition) is 2. The van der Waals surface area contributed by atoms with Crippen molar-refractivity contribution < 1.29 is 13.6 Å². The summed E-state index contributed by atoms with van der Waals surface area (Å²) in [5.74, 6) is -1.41. The topological polar surface area (TPSA) is 41.1 Å². The second kappa shape index (κ2) is 9.69. The molecular weight excluding hydrogens is 274 g/mol. The number of amides is 1. The van der Waals surface area contributed by atoms with Gasteiger partial charge in [-0.25, -0.2) is 8.78 Å². The Morgan fingerprint density at radius 1 is 1.21 bits per heavy atom. The number of carbonyl (C=O) groups is 1. The van der Waals surface area contributed by atoms with E-state index in [9.17, 15) is 13.6 Å². The van der Waals surface area contributed by atoms with Crippen molar-refractivity contribution in [1.29, 1.82) is 0 Å². The zero-order valence-electron chi connectivity index (χ0n) is 10.8. The Kier molecular flexibility index (Phi) is 9.08. The maximum absolute atomic E-state index is 13.3. The van der Waals surface area contributed by atoms with Crippen LogP contribution < -0.4 is 10.6 Å². The van der Waals surface area contributed by atoms with Gasteiger partial charge < -0.3 is 10.6 Å². The molecule has 1 rings (SSSR count). The first-order valence-corrected chi connectivity index (χ1v) is 6.04. The van der Waals surface area contributed by atoms with Gasteiger partial charge in [-0.15, -0.1) is 12.4 Å². The molecule has 19 heavy (non-hydrogen) atoms. The highest BCUT2D eigenvalue weighted by Gasteiger charge is 2.08. The summed E-state index contributed by atoms with van der Waals surface area (Å²) in [6.45, 7) is 4.10. The molecule has 0 saturated carbocycles. The van der Waals surface area contributed by atoms with E-state index in [-0.39, 0.29) is 30.3 Å². The lowest BCUT2D eigenvalue weighted by molar-refractivity contribution is -0.120. The van der Waals surface area contributed by atoms with Gasteiger partial charge in [0.15, 0.2) is 0 Å². The Balaban J connectivity index is 0.00000324. The van der Waals surface area contributed by atoms with Crippen molar-refractivity contribution in [3.63, 3.8) is 0 Å². The minimum absolute atomic E-state index is 0. The Bertz CT molecular complexity index is 402. The quantitative estimate of drug-likeness (QED) is 0.755.